The predicted molar refractivity (Wildman–Crippen MR) is 63.0 cm³/mol. The number of anilines is 1. The Kier molecular flexibility index (Phi) is 3.26. The Bertz CT molecular complexity index is 545. The molecule has 0 saturated heterocycles. The maximum absolute atomic E-state index is 8.84. The van der Waals surface area contributed by atoms with E-state index in [1.54, 1.807) is 18.3 Å². The molecule has 17 heavy (non-hydrogen) atoms. The number of rotatable bonds is 3. The smallest absolute Gasteiger partial charge is 0.127 e. The second kappa shape index (κ2) is 5.03. The van der Waals surface area contributed by atoms with Crippen molar-refractivity contribution >= 4 is 5.82 Å². The van der Waals surface area contributed by atoms with Crippen LogP contribution in [0.15, 0.2) is 30.5 Å². The summed E-state index contributed by atoms with van der Waals surface area (Å²) in [6.45, 7) is 2.39. The van der Waals surface area contributed by atoms with Crippen molar-refractivity contribution in [1.29, 1.82) is 5.26 Å². The van der Waals surface area contributed by atoms with E-state index in [0.29, 0.717) is 17.9 Å². The van der Waals surface area contributed by atoms with E-state index in [4.69, 9.17) is 5.26 Å². The first-order valence-electron chi connectivity index (χ1n) is 5.17. The number of nitriles is 1. The Hall–Kier alpha value is -2.48. The molecule has 0 spiro atoms. The van der Waals surface area contributed by atoms with E-state index >= 15 is 0 Å². The fraction of sp³-hybridized carbons (Fsp3) is 0.167. The van der Waals surface area contributed by atoms with E-state index in [2.05, 4.69) is 26.6 Å². The molecule has 1 N–H and O–H groups in total. The maximum Gasteiger partial charge on any atom is 0.127 e. The molecule has 0 saturated carbocycles. The highest BCUT2D eigenvalue weighted by atomic mass is 15.1. The van der Waals surface area contributed by atoms with Gasteiger partial charge in [-0.05, 0) is 31.2 Å². The van der Waals surface area contributed by atoms with Gasteiger partial charge in [-0.25, -0.2) is 4.98 Å². The van der Waals surface area contributed by atoms with Crippen molar-refractivity contribution in [3.8, 4) is 6.07 Å². The van der Waals surface area contributed by atoms with Crippen LogP contribution >= 0.6 is 0 Å². The lowest BCUT2D eigenvalue weighted by atomic mass is 10.2. The van der Waals surface area contributed by atoms with Crippen LogP contribution in [0.1, 0.15) is 17.0 Å². The second-order valence-corrected chi connectivity index (χ2v) is 3.56. The molecule has 0 unspecified atom stereocenters. The summed E-state index contributed by atoms with van der Waals surface area (Å²) < 4.78 is 0. The Morgan fingerprint density at radius 2 is 2.29 bits per heavy atom. The average molecular weight is 225 g/mol. The Balaban J connectivity index is 2.10. The van der Waals surface area contributed by atoms with Gasteiger partial charge in [-0.2, -0.15) is 15.5 Å². The minimum atomic E-state index is 0.537. The summed E-state index contributed by atoms with van der Waals surface area (Å²) in [5, 5.41) is 19.7. The first kappa shape index (κ1) is 11.0. The molecular weight excluding hydrogens is 214 g/mol. The third-order valence-electron chi connectivity index (χ3n) is 2.16. The molecule has 0 atom stereocenters. The van der Waals surface area contributed by atoms with Gasteiger partial charge >= 0.3 is 0 Å². The average Bonchev–Trinajstić information content (AvgIpc) is 2.37. The Morgan fingerprint density at radius 1 is 1.41 bits per heavy atom. The van der Waals surface area contributed by atoms with Gasteiger partial charge in [-0.1, -0.05) is 0 Å². The fourth-order valence-electron chi connectivity index (χ4n) is 1.43. The number of hydrogen-bond donors (Lipinski definition) is 1. The molecule has 2 aromatic heterocycles. The number of aryl methyl sites for hydroxylation is 1. The van der Waals surface area contributed by atoms with Crippen LogP contribution in [0.5, 0.6) is 0 Å². The number of hydrogen-bond acceptors (Lipinski definition) is 5. The van der Waals surface area contributed by atoms with Gasteiger partial charge < -0.3 is 5.32 Å². The van der Waals surface area contributed by atoms with Gasteiger partial charge in [0.1, 0.15) is 5.82 Å². The molecule has 0 aliphatic carbocycles. The van der Waals surface area contributed by atoms with Gasteiger partial charge in [0.15, 0.2) is 0 Å². The van der Waals surface area contributed by atoms with E-state index in [0.717, 1.165) is 11.4 Å². The highest BCUT2D eigenvalue weighted by Crippen LogP contribution is 2.10. The summed E-state index contributed by atoms with van der Waals surface area (Å²) in [6.07, 6.45) is 1.63. The predicted octanol–water partition coefficient (Wildman–Crippen LogP) is 1.66. The highest BCUT2D eigenvalue weighted by molar-refractivity contribution is 5.44. The lowest BCUT2D eigenvalue weighted by Gasteiger charge is -2.05. The molecule has 0 radical (unpaired) electrons. The molecule has 0 fully saturated rings. The zero-order valence-electron chi connectivity index (χ0n) is 9.38. The van der Waals surface area contributed by atoms with Gasteiger partial charge in [0.2, 0.25) is 0 Å². The molecule has 0 aliphatic heterocycles. The zero-order chi connectivity index (χ0) is 12.1. The normalized spacial score (nSPS) is 9.65. The van der Waals surface area contributed by atoms with Crippen LogP contribution in [0, 0.1) is 18.3 Å². The molecule has 0 amide bonds. The van der Waals surface area contributed by atoms with Crippen LogP contribution < -0.4 is 5.32 Å². The van der Waals surface area contributed by atoms with E-state index < -0.39 is 0 Å². The van der Waals surface area contributed by atoms with Gasteiger partial charge in [0, 0.05) is 11.9 Å². The van der Waals surface area contributed by atoms with Crippen LogP contribution in [-0.4, -0.2) is 15.2 Å². The van der Waals surface area contributed by atoms with Crippen LogP contribution in [0.3, 0.4) is 0 Å². The van der Waals surface area contributed by atoms with Crippen molar-refractivity contribution in [2.75, 3.05) is 5.32 Å². The lowest BCUT2D eigenvalue weighted by molar-refractivity contribution is 0.919. The van der Waals surface area contributed by atoms with Crippen LogP contribution in [0.25, 0.3) is 0 Å². The number of aromatic nitrogens is 3. The van der Waals surface area contributed by atoms with Gasteiger partial charge in [-0.15, -0.1) is 0 Å². The van der Waals surface area contributed by atoms with Crippen molar-refractivity contribution in [2.45, 2.75) is 13.5 Å². The molecule has 2 aromatic rings. The monoisotopic (exact) mass is 225 g/mol. The fourth-order valence-corrected chi connectivity index (χ4v) is 1.43. The lowest BCUT2D eigenvalue weighted by Crippen LogP contribution is -2.04. The summed E-state index contributed by atoms with van der Waals surface area (Å²) in [5.41, 5.74) is 2.24. The SMILES string of the molecule is Cc1cc(C#N)cc(NCc2cccnn2)n1. The van der Waals surface area contributed by atoms with Crippen molar-refractivity contribution in [3.63, 3.8) is 0 Å². The first-order valence-corrected chi connectivity index (χ1v) is 5.17. The van der Waals surface area contributed by atoms with Crippen LogP contribution in [-0.2, 0) is 6.54 Å². The molecule has 2 heterocycles. The summed E-state index contributed by atoms with van der Waals surface area (Å²) >= 11 is 0. The third kappa shape index (κ3) is 2.98. The van der Waals surface area contributed by atoms with Crippen molar-refractivity contribution < 1.29 is 0 Å². The molecule has 5 nitrogen and oxygen atoms in total. The highest BCUT2D eigenvalue weighted by Gasteiger charge is 2.00. The molecule has 2 rings (SSSR count). The van der Waals surface area contributed by atoms with Crippen molar-refractivity contribution in [2.24, 2.45) is 0 Å². The number of pyridine rings is 1. The first-order chi connectivity index (χ1) is 8.28. The second-order valence-electron chi connectivity index (χ2n) is 3.56. The Morgan fingerprint density at radius 3 is 3.00 bits per heavy atom. The van der Waals surface area contributed by atoms with Gasteiger partial charge in [0.05, 0.1) is 23.9 Å². The number of nitrogens with zero attached hydrogens (tertiary/aromatic N) is 4. The van der Waals surface area contributed by atoms with E-state index in [1.165, 1.54) is 0 Å². The molecule has 84 valence electrons. The molecule has 5 heteroatoms. The molecule has 0 aromatic carbocycles. The van der Waals surface area contributed by atoms with Gasteiger partial charge in [-0.3, -0.25) is 0 Å². The Labute approximate surface area is 99.2 Å². The molecular formula is C12H11N5. The zero-order valence-corrected chi connectivity index (χ0v) is 9.38. The summed E-state index contributed by atoms with van der Waals surface area (Å²) in [5.74, 6) is 0.673. The van der Waals surface area contributed by atoms with Gasteiger partial charge in [0.25, 0.3) is 0 Å². The van der Waals surface area contributed by atoms with E-state index in [9.17, 15) is 0 Å². The van der Waals surface area contributed by atoms with Crippen LogP contribution in [0.2, 0.25) is 0 Å². The van der Waals surface area contributed by atoms with E-state index in [1.807, 2.05) is 19.1 Å². The minimum absolute atomic E-state index is 0.537. The van der Waals surface area contributed by atoms with Crippen molar-refractivity contribution in [3.05, 3.63) is 47.4 Å². The summed E-state index contributed by atoms with van der Waals surface area (Å²) in [6, 6.07) is 9.26. The summed E-state index contributed by atoms with van der Waals surface area (Å²) in [7, 11) is 0. The topological polar surface area (TPSA) is 74.5 Å². The quantitative estimate of drug-likeness (QED) is 0.859. The standard InChI is InChI=1S/C12H11N5/c1-9-5-10(7-13)6-12(16-9)14-8-11-3-2-4-15-17-11/h2-6H,8H2,1H3,(H,14,16). The van der Waals surface area contributed by atoms with E-state index in [-0.39, 0.29) is 0 Å². The molecule has 0 bridgehead atoms. The largest absolute Gasteiger partial charge is 0.364 e. The third-order valence-corrected chi connectivity index (χ3v) is 2.16. The summed E-state index contributed by atoms with van der Waals surface area (Å²) in [4.78, 5) is 4.29. The number of nitrogens with one attached hydrogen (secondary N) is 1. The molecule has 0 aliphatic rings. The van der Waals surface area contributed by atoms with Crippen LogP contribution in [0.4, 0.5) is 5.82 Å². The minimum Gasteiger partial charge on any atom is -0.364 e. The maximum atomic E-state index is 8.84. The van der Waals surface area contributed by atoms with Crippen molar-refractivity contribution in [1.82, 2.24) is 15.2 Å².